The minimum Gasteiger partial charge on any atom is -0.309 e. The Bertz CT molecular complexity index is 402. The molecule has 1 N–H and O–H groups in total. The second-order valence-corrected chi connectivity index (χ2v) is 6.05. The number of nitrogens with one attached hydrogen (secondary N) is 1. The highest BCUT2D eigenvalue weighted by Gasteiger charge is 2.32. The van der Waals surface area contributed by atoms with Crippen LogP contribution in [0, 0.1) is 11.8 Å². The highest BCUT2D eigenvalue weighted by Crippen LogP contribution is 2.40. The van der Waals surface area contributed by atoms with Gasteiger partial charge in [-0.3, -0.25) is 4.98 Å². The van der Waals surface area contributed by atoms with Crippen molar-refractivity contribution in [2.24, 2.45) is 11.8 Å². The van der Waals surface area contributed by atoms with Crippen LogP contribution in [0.3, 0.4) is 0 Å². The van der Waals surface area contributed by atoms with Gasteiger partial charge in [-0.2, -0.15) is 0 Å². The third-order valence-corrected chi connectivity index (χ3v) is 4.95. The predicted octanol–water partition coefficient (Wildman–Crippen LogP) is 4.51. The Hall–Kier alpha value is -0.890. The smallest absolute Gasteiger partial charge is 0.0607 e. The maximum atomic E-state index is 4.75. The van der Waals surface area contributed by atoms with E-state index in [0.717, 1.165) is 24.8 Å². The Morgan fingerprint density at radius 1 is 1.25 bits per heavy atom. The predicted molar refractivity (Wildman–Crippen MR) is 85.8 cm³/mol. The van der Waals surface area contributed by atoms with E-state index in [1.807, 2.05) is 6.20 Å². The molecule has 2 heteroatoms. The molecule has 1 aliphatic carbocycles. The molecule has 0 amide bonds. The van der Waals surface area contributed by atoms with Gasteiger partial charge < -0.3 is 5.32 Å². The Morgan fingerprint density at radius 2 is 2.05 bits per heavy atom. The summed E-state index contributed by atoms with van der Waals surface area (Å²) >= 11 is 0. The lowest BCUT2D eigenvalue weighted by Crippen LogP contribution is -2.35. The number of pyridine rings is 1. The second-order valence-electron chi connectivity index (χ2n) is 6.05. The lowest BCUT2D eigenvalue weighted by molar-refractivity contribution is 0.174. The molecule has 0 radical (unpaired) electrons. The normalized spacial score (nSPS) is 24.6. The van der Waals surface area contributed by atoms with Gasteiger partial charge in [-0.1, -0.05) is 52.5 Å². The van der Waals surface area contributed by atoms with Gasteiger partial charge in [-0.05, 0) is 42.9 Å². The van der Waals surface area contributed by atoms with Crippen molar-refractivity contribution in [1.82, 2.24) is 10.3 Å². The fraction of sp³-hybridized carbons (Fsp3) is 0.722. The second kappa shape index (κ2) is 7.78. The van der Waals surface area contributed by atoms with Gasteiger partial charge in [0, 0.05) is 6.20 Å². The molecule has 3 atom stereocenters. The first-order valence-electron chi connectivity index (χ1n) is 8.48. The van der Waals surface area contributed by atoms with Crippen molar-refractivity contribution in [3.63, 3.8) is 0 Å². The molecule has 0 saturated heterocycles. The number of rotatable bonds is 6. The SMILES string of the molecule is CCNC(c1ncccc1CC)C1CCCCC1CC. The number of nitrogens with zero attached hydrogens (tertiary/aromatic N) is 1. The van der Waals surface area contributed by atoms with Gasteiger partial charge in [-0.15, -0.1) is 0 Å². The minimum atomic E-state index is 0.446. The number of aromatic nitrogens is 1. The van der Waals surface area contributed by atoms with Crippen LogP contribution in [0.4, 0.5) is 0 Å². The highest BCUT2D eigenvalue weighted by atomic mass is 14.9. The van der Waals surface area contributed by atoms with Gasteiger partial charge in [0.15, 0.2) is 0 Å². The average molecular weight is 274 g/mol. The molecule has 3 unspecified atom stereocenters. The summed E-state index contributed by atoms with van der Waals surface area (Å²) in [5, 5.41) is 3.75. The van der Waals surface area contributed by atoms with Gasteiger partial charge in [0.25, 0.3) is 0 Å². The summed E-state index contributed by atoms with van der Waals surface area (Å²) in [6, 6.07) is 4.77. The topological polar surface area (TPSA) is 24.9 Å². The zero-order chi connectivity index (χ0) is 14.4. The van der Waals surface area contributed by atoms with E-state index in [1.54, 1.807) is 0 Å². The molecule has 112 valence electrons. The lowest BCUT2D eigenvalue weighted by atomic mass is 9.72. The summed E-state index contributed by atoms with van der Waals surface area (Å²) in [7, 11) is 0. The zero-order valence-corrected chi connectivity index (χ0v) is 13.4. The lowest BCUT2D eigenvalue weighted by Gasteiger charge is -2.37. The fourth-order valence-corrected chi connectivity index (χ4v) is 3.88. The molecule has 1 heterocycles. The van der Waals surface area contributed by atoms with Crippen LogP contribution >= 0.6 is 0 Å². The van der Waals surface area contributed by atoms with Crippen molar-refractivity contribution in [2.45, 2.75) is 65.3 Å². The third-order valence-electron chi connectivity index (χ3n) is 4.95. The zero-order valence-electron chi connectivity index (χ0n) is 13.4. The van der Waals surface area contributed by atoms with E-state index in [9.17, 15) is 0 Å². The molecule has 1 aliphatic rings. The molecule has 1 aromatic heterocycles. The van der Waals surface area contributed by atoms with E-state index in [4.69, 9.17) is 4.98 Å². The largest absolute Gasteiger partial charge is 0.309 e. The summed E-state index contributed by atoms with van der Waals surface area (Å²) in [4.78, 5) is 4.75. The first-order chi connectivity index (χ1) is 9.81. The van der Waals surface area contributed by atoms with Crippen molar-refractivity contribution in [1.29, 1.82) is 0 Å². The van der Waals surface area contributed by atoms with Crippen LogP contribution in [0.25, 0.3) is 0 Å². The standard InChI is InChI=1S/C18H30N2/c1-4-14-10-7-8-12-16(14)18(19-6-3)17-15(5-2)11-9-13-20-17/h9,11,13-14,16,18-19H,4-8,10,12H2,1-3H3. The maximum absolute atomic E-state index is 4.75. The molecule has 0 aliphatic heterocycles. The third kappa shape index (κ3) is 3.41. The van der Waals surface area contributed by atoms with Gasteiger partial charge >= 0.3 is 0 Å². The number of aryl methyl sites for hydroxylation is 1. The molecule has 1 fully saturated rings. The van der Waals surface area contributed by atoms with Gasteiger partial charge in [0.05, 0.1) is 11.7 Å². The summed E-state index contributed by atoms with van der Waals surface area (Å²) in [6.07, 6.45) is 9.90. The maximum Gasteiger partial charge on any atom is 0.0607 e. The van der Waals surface area contributed by atoms with Crippen molar-refractivity contribution in [3.8, 4) is 0 Å². The first kappa shape index (κ1) is 15.5. The molecular formula is C18H30N2. The molecule has 0 bridgehead atoms. The Morgan fingerprint density at radius 3 is 2.75 bits per heavy atom. The van der Waals surface area contributed by atoms with Crippen molar-refractivity contribution >= 4 is 0 Å². The van der Waals surface area contributed by atoms with Crippen LogP contribution < -0.4 is 5.32 Å². The van der Waals surface area contributed by atoms with E-state index in [2.05, 4.69) is 38.2 Å². The summed E-state index contributed by atoms with van der Waals surface area (Å²) in [6.45, 7) is 7.83. The summed E-state index contributed by atoms with van der Waals surface area (Å²) in [5.41, 5.74) is 2.72. The summed E-state index contributed by atoms with van der Waals surface area (Å²) < 4.78 is 0. The molecular weight excluding hydrogens is 244 g/mol. The quantitative estimate of drug-likeness (QED) is 0.825. The molecule has 2 nitrogen and oxygen atoms in total. The first-order valence-corrected chi connectivity index (χ1v) is 8.48. The van der Waals surface area contributed by atoms with E-state index in [1.165, 1.54) is 43.4 Å². The minimum absolute atomic E-state index is 0.446. The molecule has 1 aromatic rings. The molecule has 0 spiro atoms. The van der Waals surface area contributed by atoms with Gasteiger partial charge in [0.2, 0.25) is 0 Å². The van der Waals surface area contributed by atoms with Crippen LogP contribution in [-0.4, -0.2) is 11.5 Å². The van der Waals surface area contributed by atoms with E-state index < -0.39 is 0 Å². The van der Waals surface area contributed by atoms with E-state index >= 15 is 0 Å². The summed E-state index contributed by atoms with van der Waals surface area (Å²) in [5.74, 6) is 1.62. The number of hydrogen-bond acceptors (Lipinski definition) is 2. The molecule has 2 rings (SSSR count). The van der Waals surface area contributed by atoms with Crippen LogP contribution in [0.5, 0.6) is 0 Å². The Labute approximate surface area is 124 Å². The van der Waals surface area contributed by atoms with Crippen LogP contribution in [-0.2, 0) is 6.42 Å². The van der Waals surface area contributed by atoms with Crippen LogP contribution in [0.1, 0.15) is 70.2 Å². The monoisotopic (exact) mass is 274 g/mol. The van der Waals surface area contributed by atoms with Crippen molar-refractivity contribution in [2.75, 3.05) is 6.54 Å². The van der Waals surface area contributed by atoms with Crippen LogP contribution in [0.15, 0.2) is 18.3 Å². The van der Waals surface area contributed by atoms with Gasteiger partial charge in [0.1, 0.15) is 0 Å². The highest BCUT2D eigenvalue weighted by molar-refractivity contribution is 5.24. The molecule has 0 aromatic carbocycles. The van der Waals surface area contributed by atoms with Crippen molar-refractivity contribution < 1.29 is 0 Å². The van der Waals surface area contributed by atoms with Crippen LogP contribution in [0.2, 0.25) is 0 Å². The van der Waals surface area contributed by atoms with Crippen molar-refractivity contribution in [3.05, 3.63) is 29.6 Å². The van der Waals surface area contributed by atoms with E-state index in [0.29, 0.717) is 6.04 Å². The number of hydrogen-bond donors (Lipinski definition) is 1. The fourth-order valence-electron chi connectivity index (χ4n) is 3.88. The van der Waals surface area contributed by atoms with E-state index in [-0.39, 0.29) is 0 Å². The average Bonchev–Trinajstić information content (AvgIpc) is 2.52. The molecule has 1 saturated carbocycles. The Balaban J connectivity index is 2.29. The Kier molecular flexibility index (Phi) is 6.03. The van der Waals surface area contributed by atoms with Gasteiger partial charge in [-0.25, -0.2) is 0 Å². The molecule has 20 heavy (non-hydrogen) atoms.